The lowest BCUT2D eigenvalue weighted by Crippen LogP contribution is -2.52. The van der Waals surface area contributed by atoms with Gasteiger partial charge >= 0.3 is 5.97 Å². The second-order valence-electron chi connectivity index (χ2n) is 4.92. The maximum Gasteiger partial charge on any atom is 0.323 e. The van der Waals surface area contributed by atoms with Crippen molar-refractivity contribution in [3.8, 4) is 0 Å². The number of likely N-dealkylation sites (N-methyl/N-ethyl adjacent to an activating group) is 1. The lowest BCUT2D eigenvalue weighted by Gasteiger charge is -2.27. The molecule has 116 valence electrons. The Labute approximate surface area is 127 Å². The maximum absolute atomic E-state index is 12.4. The monoisotopic (exact) mass is 312 g/mol. The van der Waals surface area contributed by atoms with Gasteiger partial charge in [0.15, 0.2) is 0 Å². The zero-order chi connectivity index (χ0) is 16.0. The van der Waals surface area contributed by atoms with Crippen molar-refractivity contribution < 1.29 is 19.5 Å². The van der Waals surface area contributed by atoms with Crippen LogP contribution >= 0.6 is 11.3 Å². The molecule has 0 aromatic carbocycles. The molecule has 2 N–H and O–H groups in total. The molecule has 0 fully saturated rings. The van der Waals surface area contributed by atoms with Crippen LogP contribution < -0.4 is 5.32 Å². The van der Waals surface area contributed by atoms with E-state index in [1.807, 2.05) is 13.8 Å². The highest BCUT2D eigenvalue weighted by molar-refractivity contribution is 7.12. The molecule has 2 amide bonds. The molecule has 0 aliphatic carbocycles. The molecule has 0 saturated heterocycles. The van der Waals surface area contributed by atoms with Crippen molar-refractivity contribution in [2.24, 2.45) is 5.92 Å². The van der Waals surface area contributed by atoms with Gasteiger partial charge < -0.3 is 15.3 Å². The molecule has 1 rings (SSSR count). The minimum Gasteiger partial charge on any atom is -0.480 e. The summed E-state index contributed by atoms with van der Waals surface area (Å²) in [7, 11) is 0. The minimum absolute atomic E-state index is 0.135. The first-order chi connectivity index (χ1) is 9.86. The average Bonchev–Trinajstić information content (AvgIpc) is 2.94. The van der Waals surface area contributed by atoms with E-state index in [1.165, 1.54) is 16.2 Å². The molecule has 21 heavy (non-hydrogen) atoms. The van der Waals surface area contributed by atoms with Crippen molar-refractivity contribution in [2.75, 3.05) is 13.1 Å². The predicted molar refractivity (Wildman–Crippen MR) is 80.3 cm³/mol. The molecule has 1 heterocycles. The van der Waals surface area contributed by atoms with Crippen LogP contribution in [0.2, 0.25) is 0 Å². The Kier molecular flexibility index (Phi) is 6.36. The van der Waals surface area contributed by atoms with Gasteiger partial charge in [-0.2, -0.15) is 0 Å². The highest BCUT2D eigenvalue weighted by Gasteiger charge is 2.29. The second-order valence-corrected chi connectivity index (χ2v) is 5.87. The number of carbonyl (C=O) groups excluding carboxylic acids is 2. The van der Waals surface area contributed by atoms with Crippen molar-refractivity contribution in [2.45, 2.75) is 26.8 Å². The Morgan fingerprint density at radius 1 is 1.38 bits per heavy atom. The predicted octanol–water partition coefficient (Wildman–Crippen LogP) is 1.44. The first-order valence-electron chi connectivity index (χ1n) is 6.71. The molecule has 7 heteroatoms. The van der Waals surface area contributed by atoms with E-state index >= 15 is 0 Å². The molecule has 0 radical (unpaired) electrons. The molecule has 0 aliphatic heterocycles. The van der Waals surface area contributed by atoms with E-state index in [1.54, 1.807) is 24.4 Å². The third kappa shape index (κ3) is 4.86. The van der Waals surface area contributed by atoms with Gasteiger partial charge in [-0.25, -0.2) is 0 Å². The number of rotatable bonds is 7. The summed E-state index contributed by atoms with van der Waals surface area (Å²) in [6, 6.07) is 2.70. The summed E-state index contributed by atoms with van der Waals surface area (Å²) < 4.78 is 0. The van der Waals surface area contributed by atoms with Gasteiger partial charge in [-0.3, -0.25) is 14.4 Å². The first kappa shape index (κ1) is 17.2. The Hall–Kier alpha value is -1.89. The number of amides is 2. The van der Waals surface area contributed by atoms with Crippen LogP contribution in [-0.4, -0.2) is 46.9 Å². The summed E-state index contributed by atoms with van der Waals surface area (Å²) >= 11 is 1.29. The van der Waals surface area contributed by atoms with Gasteiger partial charge in [0, 0.05) is 6.54 Å². The summed E-state index contributed by atoms with van der Waals surface area (Å²) in [5.41, 5.74) is 0. The van der Waals surface area contributed by atoms with Crippen LogP contribution in [0.4, 0.5) is 0 Å². The number of carboxylic acids is 1. The van der Waals surface area contributed by atoms with Gasteiger partial charge in [0.25, 0.3) is 5.91 Å². The van der Waals surface area contributed by atoms with Crippen molar-refractivity contribution in [3.05, 3.63) is 22.4 Å². The number of hydrogen-bond acceptors (Lipinski definition) is 4. The van der Waals surface area contributed by atoms with E-state index in [-0.39, 0.29) is 30.8 Å². The molecule has 1 atom stereocenters. The molecule has 1 unspecified atom stereocenters. The number of carbonyl (C=O) groups is 3. The zero-order valence-corrected chi connectivity index (χ0v) is 13.1. The Morgan fingerprint density at radius 2 is 2.05 bits per heavy atom. The lowest BCUT2D eigenvalue weighted by atomic mass is 10.0. The van der Waals surface area contributed by atoms with Gasteiger partial charge in [0.05, 0.1) is 4.88 Å². The van der Waals surface area contributed by atoms with E-state index in [2.05, 4.69) is 5.32 Å². The van der Waals surface area contributed by atoms with E-state index in [0.717, 1.165) is 0 Å². The number of nitrogens with one attached hydrogen (secondary N) is 1. The minimum atomic E-state index is -1.07. The summed E-state index contributed by atoms with van der Waals surface area (Å²) in [5, 5.41) is 13.3. The smallest absolute Gasteiger partial charge is 0.323 e. The van der Waals surface area contributed by atoms with Crippen LogP contribution in [0, 0.1) is 5.92 Å². The van der Waals surface area contributed by atoms with Crippen molar-refractivity contribution in [3.63, 3.8) is 0 Å². The topological polar surface area (TPSA) is 86.7 Å². The van der Waals surface area contributed by atoms with Gasteiger partial charge in [-0.05, 0) is 24.3 Å². The van der Waals surface area contributed by atoms with Crippen LogP contribution in [0.15, 0.2) is 17.5 Å². The number of thiophene rings is 1. The molecule has 0 spiro atoms. The summed E-state index contributed by atoms with van der Waals surface area (Å²) in [6.07, 6.45) is 0. The fourth-order valence-corrected chi connectivity index (χ4v) is 2.47. The standard InChI is InChI=1S/C14H20N2O4S/c1-4-16(8-11(17)18)14(20)12(9(2)3)15-13(19)10-6-5-7-21-10/h5-7,9,12H,4,8H2,1-3H3,(H,15,19)(H,17,18). The van der Waals surface area contributed by atoms with Crippen molar-refractivity contribution in [1.29, 1.82) is 0 Å². The third-order valence-electron chi connectivity index (χ3n) is 2.98. The number of hydrogen-bond donors (Lipinski definition) is 2. The van der Waals surface area contributed by atoms with Crippen LogP contribution in [0.25, 0.3) is 0 Å². The normalized spacial score (nSPS) is 12.0. The molecular weight excluding hydrogens is 292 g/mol. The van der Waals surface area contributed by atoms with Crippen molar-refractivity contribution in [1.82, 2.24) is 10.2 Å². The Balaban J connectivity index is 2.83. The molecule has 6 nitrogen and oxygen atoms in total. The number of aliphatic carboxylic acids is 1. The second kappa shape index (κ2) is 7.78. The summed E-state index contributed by atoms with van der Waals surface area (Å²) in [4.78, 5) is 37.0. The lowest BCUT2D eigenvalue weighted by molar-refractivity contribution is -0.145. The largest absolute Gasteiger partial charge is 0.480 e. The van der Waals surface area contributed by atoms with Crippen LogP contribution in [-0.2, 0) is 9.59 Å². The van der Waals surface area contributed by atoms with Crippen molar-refractivity contribution >= 4 is 29.1 Å². The average molecular weight is 312 g/mol. The van der Waals surface area contributed by atoms with E-state index < -0.39 is 12.0 Å². The molecule has 0 saturated carbocycles. The van der Waals surface area contributed by atoms with Gasteiger partial charge in [0.1, 0.15) is 12.6 Å². The Morgan fingerprint density at radius 3 is 2.48 bits per heavy atom. The highest BCUT2D eigenvalue weighted by Crippen LogP contribution is 2.12. The number of nitrogens with zero attached hydrogens (tertiary/aromatic N) is 1. The van der Waals surface area contributed by atoms with E-state index in [4.69, 9.17) is 5.11 Å². The van der Waals surface area contributed by atoms with E-state index in [9.17, 15) is 14.4 Å². The molecular formula is C14H20N2O4S. The van der Waals surface area contributed by atoms with Gasteiger partial charge in [-0.1, -0.05) is 19.9 Å². The molecule has 1 aromatic rings. The molecule has 0 bridgehead atoms. The third-order valence-corrected chi connectivity index (χ3v) is 3.85. The zero-order valence-electron chi connectivity index (χ0n) is 12.3. The maximum atomic E-state index is 12.4. The highest BCUT2D eigenvalue weighted by atomic mass is 32.1. The fourth-order valence-electron chi connectivity index (χ4n) is 1.84. The fraction of sp³-hybridized carbons (Fsp3) is 0.500. The van der Waals surface area contributed by atoms with E-state index in [0.29, 0.717) is 4.88 Å². The van der Waals surface area contributed by atoms with Gasteiger partial charge in [0.2, 0.25) is 5.91 Å². The SMILES string of the molecule is CCN(CC(=O)O)C(=O)C(NC(=O)c1cccs1)C(C)C. The molecule has 0 aliphatic rings. The van der Waals surface area contributed by atoms with Crippen LogP contribution in [0.3, 0.4) is 0 Å². The van der Waals surface area contributed by atoms with Crippen LogP contribution in [0.5, 0.6) is 0 Å². The Bertz CT molecular complexity index is 499. The van der Waals surface area contributed by atoms with Crippen LogP contribution in [0.1, 0.15) is 30.4 Å². The summed E-state index contributed by atoms with van der Waals surface area (Å²) in [5.74, 6) is -1.90. The number of carboxylic acid groups (broad SMARTS) is 1. The van der Waals surface area contributed by atoms with Gasteiger partial charge in [-0.15, -0.1) is 11.3 Å². The summed E-state index contributed by atoms with van der Waals surface area (Å²) in [6.45, 7) is 5.24. The first-order valence-corrected chi connectivity index (χ1v) is 7.59. The quantitative estimate of drug-likeness (QED) is 0.797. The molecule has 1 aromatic heterocycles.